The van der Waals surface area contributed by atoms with Gasteiger partial charge < -0.3 is 20.1 Å². The van der Waals surface area contributed by atoms with E-state index in [1.807, 2.05) is 32.9 Å². The third-order valence-corrected chi connectivity index (χ3v) is 4.62. The molecule has 3 aromatic rings. The molecule has 0 unspecified atom stereocenters. The highest BCUT2D eigenvalue weighted by atomic mass is 16.5. The molecule has 0 bridgehead atoms. The van der Waals surface area contributed by atoms with Crippen LogP contribution in [0, 0.1) is 20.8 Å². The number of nitrogens with one attached hydrogen (secondary N) is 2. The molecular weight excluding hydrogens is 426 g/mol. The van der Waals surface area contributed by atoms with E-state index < -0.39 is 24.4 Å². The van der Waals surface area contributed by atoms with Gasteiger partial charge in [-0.05, 0) is 56.7 Å². The molecule has 0 saturated heterocycles. The molecule has 0 fully saturated rings. The van der Waals surface area contributed by atoms with Crippen LogP contribution in [0.5, 0.6) is 5.75 Å². The number of carbonyl (C=O) groups is 3. The van der Waals surface area contributed by atoms with Gasteiger partial charge in [-0.25, -0.2) is 14.5 Å². The topological polar surface area (TPSA) is 124 Å². The van der Waals surface area contributed by atoms with Crippen molar-refractivity contribution in [1.29, 1.82) is 0 Å². The molecule has 0 spiro atoms. The van der Waals surface area contributed by atoms with Crippen LogP contribution in [0.4, 0.5) is 5.69 Å². The van der Waals surface area contributed by atoms with E-state index in [1.165, 1.54) is 13.3 Å². The van der Waals surface area contributed by atoms with Gasteiger partial charge in [0.15, 0.2) is 12.4 Å². The lowest BCUT2D eigenvalue weighted by atomic mass is 10.2. The molecule has 2 aromatic heterocycles. The van der Waals surface area contributed by atoms with Crippen molar-refractivity contribution in [2.75, 3.05) is 25.6 Å². The Morgan fingerprint density at radius 3 is 2.45 bits per heavy atom. The van der Waals surface area contributed by atoms with Gasteiger partial charge in [-0.1, -0.05) is 6.07 Å². The summed E-state index contributed by atoms with van der Waals surface area (Å²) in [6.45, 7) is 4.85. The summed E-state index contributed by atoms with van der Waals surface area (Å²) >= 11 is 0. The van der Waals surface area contributed by atoms with Crippen molar-refractivity contribution < 1.29 is 23.9 Å². The van der Waals surface area contributed by atoms with Crippen LogP contribution in [0.25, 0.3) is 5.82 Å². The zero-order valence-electron chi connectivity index (χ0n) is 18.8. The molecule has 2 amide bonds. The highest BCUT2D eigenvalue weighted by Crippen LogP contribution is 2.24. The monoisotopic (exact) mass is 451 g/mol. The maximum atomic E-state index is 12.2. The number of nitrogens with zero attached hydrogens (tertiary/aromatic N) is 3. The molecule has 0 radical (unpaired) electrons. The van der Waals surface area contributed by atoms with E-state index in [4.69, 9.17) is 9.47 Å². The largest absolute Gasteiger partial charge is 0.495 e. The van der Waals surface area contributed by atoms with Crippen LogP contribution in [0.15, 0.2) is 42.6 Å². The molecule has 10 heteroatoms. The predicted molar refractivity (Wildman–Crippen MR) is 120 cm³/mol. The molecule has 172 valence electrons. The number of esters is 1. The van der Waals surface area contributed by atoms with E-state index >= 15 is 0 Å². The summed E-state index contributed by atoms with van der Waals surface area (Å²) in [4.78, 5) is 40.5. The Morgan fingerprint density at radius 2 is 1.82 bits per heavy atom. The van der Waals surface area contributed by atoms with Crippen molar-refractivity contribution in [3.8, 4) is 11.6 Å². The quantitative estimate of drug-likeness (QED) is 0.503. The molecule has 33 heavy (non-hydrogen) atoms. The zero-order valence-corrected chi connectivity index (χ0v) is 18.8. The van der Waals surface area contributed by atoms with Crippen molar-refractivity contribution in [3.63, 3.8) is 0 Å². The summed E-state index contributed by atoms with van der Waals surface area (Å²) in [7, 11) is 1.50. The van der Waals surface area contributed by atoms with Gasteiger partial charge >= 0.3 is 5.97 Å². The lowest BCUT2D eigenvalue weighted by Gasteiger charge is -2.11. The number of methoxy groups -OCH3 is 1. The summed E-state index contributed by atoms with van der Waals surface area (Å²) in [5, 5.41) is 9.41. The molecule has 1 aromatic carbocycles. The van der Waals surface area contributed by atoms with Gasteiger partial charge in [-0.3, -0.25) is 9.59 Å². The molecule has 10 nitrogen and oxygen atoms in total. The van der Waals surface area contributed by atoms with Crippen molar-refractivity contribution >= 4 is 23.5 Å². The smallest absolute Gasteiger partial charge is 0.340 e. The first-order valence-corrected chi connectivity index (χ1v) is 10.1. The minimum absolute atomic E-state index is 0.192. The minimum Gasteiger partial charge on any atom is -0.495 e. The maximum Gasteiger partial charge on any atom is 0.340 e. The molecule has 2 N–H and O–H groups in total. The summed E-state index contributed by atoms with van der Waals surface area (Å²) in [6, 6.07) is 10.4. The number of amides is 2. The highest BCUT2D eigenvalue weighted by Gasteiger charge is 2.14. The fourth-order valence-corrected chi connectivity index (χ4v) is 3.05. The molecule has 0 aliphatic rings. The van der Waals surface area contributed by atoms with Crippen LogP contribution in [-0.4, -0.2) is 52.8 Å². The van der Waals surface area contributed by atoms with Gasteiger partial charge in [0, 0.05) is 11.9 Å². The summed E-state index contributed by atoms with van der Waals surface area (Å²) in [5.41, 5.74) is 3.41. The van der Waals surface area contributed by atoms with E-state index in [1.54, 1.807) is 28.9 Å². The van der Waals surface area contributed by atoms with E-state index in [0.717, 1.165) is 17.0 Å². The first-order chi connectivity index (χ1) is 15.8. The highest BCUT2D eigenvalue weighted by molar-refractivity contribution is 5.96. The Balaban J connectivity index is 1.46. The number of rotatable bonds is 8. The summed E-state index contributed by atoms with van der Waals surface area (Å²) < 4.78 is 11.9. The number of pyridine rings is 1. The van der Waals surface area contributed by atoms with Gasteiger partial charge in [-0.15, -0.1) is 0 Å². The van der Waals surface area contributed by atoms with E-state index in [9.17, 15) is 14.4 Å². The number of anilines is 1. The molecular formula is C23H25N5O5. The SMILES string of the molecule is COc1ccc(C)cc1NC(=O)CNC(=O)COC(=O)c1ccc(-n2nc(C)cc2C)nc1. The number of hydrogen-bond acceptors (Lipinski definition) is 7. The van der Waals surface area contributed by atoms with Crippen molar-refractivity contribution in [1.82, 2.24) is 20.1 Å². The maximum absolute atomic E-state index is 12.2. The fourth-order valence-electron chi connectivity index (χ4n) is 3.05. The Labute approximate surface area is 190 Å². The van der Waals surface area contributed by atoms with Crippen LogP contribution < -0.4 is 15.4 Å². The normalized spacial score (nSPS) is 10.4. The van der Waals surface area contributed by atoms with Gasteiger partial charge in [0.05, 0.1) is 30.6 Å². The molecule has 2 heterocycles. The van der Waals surface area contributed by atoms with Crippen LogP contribution >= 0.6 is 0 Å². The number of aromatic nitrogens is 3. The van der Waals surface area contributed by atoms with Crippen LogP contribution in [-0.2, 0) is 14.3 Å². The Bertz CT molecular complexity index is 1170. The average Bonchev–Trinajstić information content (AvgIpc) is 3.14. The van der Waals surface area contributed by atoms with E-state index in [0.29, 0.717) is 17.3 Å². The van der Waals surface area contributed by atoms with E-state index in [2.05, 4.69) is 20.7 Å². The third kappa shape index (κ3) is 6.16. The lowest BCUT2D eigenvalue weighted by Crippen LogP contribution is -2.35. The second kappa shape index (κ2) is 10.4. The first-order valence-electron chi connectivity index (χ1n) is 10.1. The Hall–Kier alpha value is -4.21. The average molecular weight is 451 g/mol. The number of hydrogen-bond donors (Lipinski definition) is 2. The third-order valence-electron chi connectivity index (χ3n) is 4.62. The van der Waals surface area contributed by atoms with Crippen LogP contribution in [0.2, 0.25) is 0 Å². The zero-order chi connectivity index (χ0) is 24.0. The number of ether oxygens (including phenoxy) is 2. The van der Waals surface area contributed by atoms with Crippen LogP contribution in [0.1, 0.15) is 27.3 Å². The second-order valence-corrected chi connectivity index (χ2v) is 7.35. The van der Waals surface area contributed by atoms with Gasteiger partial charge in [-0.2, -0.15) is 5.10 Å². The van der Waals surface area contributed by atoms with Crippen molar-refractivity contribution in [3.05, 3.63) is 65.1 Å². The molecule has 3 rings (SSSR count). The Morgan fingerprint density at radius 1 is 1.03 bits per heavy atom. The molecule has 0 aliphatic carbocycles. The number of benzene rings is 1. The predicted octanol–water partition coefficient (Wildman–Crippen LogP) is 2.11. The summed E-state index contributed by atoms with van der Waals surface area (Å²) in [6.07, 6.45) is 1.36. The molecule has 0 aliphatic heterocycles. The molecule has 0 saturated carbocycles. The number of carbonyl (C=O) groups excluding carboxylic acids is 3. The van der Waals surface area contributed by atoms with Crippen molar-refractivity contribution in [2.45, 2.75) is 20.8 Å². The first kappa shape index (κ1) is 23.5. The van der Waals surface area contributed by atoms with Gasteiger partial charge in [0.25, 0.3) is 5.91 Å². The molecule has 0 atom stereocenters. The summed E-state index contributed by atoms with van der Waals surface area (Å²) in [5.74, 6) is -0.686. The number of aryl methyl sites for hydroxylation is 3. The van der Waals surface area contributed by atoms with E-state index in [-0.39, 0.29) is 12.1 Å². The minimum atomic E-state index is -0.702. The lowest BCUT2D eigenvalue weighted by molar-refractivity contribution is -0.126. The standard InChI is InChI=1S/C23H25N5O5/c1-14-5-7-19(32-4)18(9-14)26-21(29)12-25-22(30)13-33-23(31)17-6-8-20(24-11-17)28-16(3)10-15(2)27-28/h5-11H,12-13H2,1-4H3,(H,25,30)(H,26,29). The fraction of sp³-hybridized carbons (Fsp3) is 0.261. The van der Waals surface area contributed by atoms with Gasteiger partial charge in [0.2, 0.25) is 5.91 Å². The second-order valence-electron chi connectivity index (χ2n) is 7.35. The Kier molecular flexibility index (Phi) is 7.39. The van der Waals surface area contributed by atoms with Crippen molar-refractivity contribution in [2.24, 2.45) is 0 Å². The van der Waals surface area contributed by atoms with Gasteiger partial charge in [0.1, 0.15) is 5.75 Å². The van der Waals surface area contributed by atoms with Crippen LogP contribution in [0.3, 0.4) is 0 Å².